The van der Waals surface area contributed by atoms with Gasteiger partial charge in [0.05, 0.1) is 0 Å². The summed E-state index contributed by atoms with van der Waals surface area (Å²) in [6.07, 6.45) is 3.22. The van der Waals surface area contributed by atoms with E-state index in [0.29, 0.717) is 25.1 Å². The molecule has 0 bridgehead atoms. The van der Waals surface area contributed by atoms with E-state index in [-0.39, 0.29) is 17.7 Å². The van der Waals surface area contributed by atoms with Gasteiger partial charge in [-0.2, -0.15) is 0 Å². The number of para-hydroxylation sites is 1. The van der Waals surface area contributed by atoms with Crippen LogP contribution in [-0.2, 0) is 16.0 Å². The average molecular weight is 309 g/mol. The molecule has 2 N–H and O–H groups in total. The Morgan fingerprint density at radius 2 is 2.13 bits per heavy atom. The van der Waals surface area contributed by atoms with Crippen LogP contribution in [0.3, 0.4) is 0 Å². The molecule has 3 rings (SSSR count). The number of rotatable bonds is 4. The standard InChI is InChI=1S/C18H19N3O2/c1-12-6-8-16(19-11-12)21-17(22)9-7-14-10-13-4-2-3-5-15(13)20-18(14)23/h2-6,8,11,14H,7,9-10H2,1H3,(H,20,23)(H,19,21,22)/t14-/m0/s1. The van der Waals surface area contributed by atoms with Crippen molar-refractivity contribution in [3.63, 3.8) is 0 Å². The van der Waals surface area contributed by atoms with E-state index in [1.165, 1.54) is 0 Å². The number of fused-ring (bicyclic) bond motifs is 1. The number of pyridine rings is 1. The molecule has 0 spiro atoms. The van der Waals surface area contributed by atoms with Gasteiger partial charge in [0.2, 0.25) is 11.8 Å². The smallest absolute Gasteiger partial charge is 0.227 e. The average Bonchev–Trinajstić information content (AvgIpc) is 2.55. The first-order chi connectivity index (χ1) is 11.1. The molecule has 0 unspecified atom stereocenters. The van der Waals surface area contributed by atoms with Gasteiger partial charge < -0.3 is 10.6 Å². The van der Waals surface area contributed by atoms with E-state index < -0.39 is 0 Å². The number of aromatic nitrogens is 1. The predicted octanol–water partition coefficient (Wildman–Crippen LogP) is 2.92. The molecular formula is C18H19N3O2. The van der Waals surface area contributed by atoms with Crippen molar-refractivity contribution in [2.75, 3.05) is 10.6 Å². The summed E-state index contributed by atoms with van der Waals surface area (Å²) in [5, 5.41) is 5.67. The second kappa shape index (κ2) is 6.60. The number of nitrogens with zero attached hydrogens (tertiary/aromatic N) is 1. The van der Waals surface area contributed by atoms with E-state index in [1.807, 2.05) is 37.3 Å². The zero-order valence-corrected chi connectivity index (χ0v) is 13.0. The van der Waals surface area contributed by atoms with Gasteiger partial charge >= 0.3 is 0 Å². The zero-order valence-electron chi connectivity index (χ0n) is 13.0. The molecule has 23 heavy (non-hydrogen) atoms. The number of carbonyl (C=O) groups excluding carboxylic acids is 2. The number of hydrogen-bond donors (Lipinski definition) is 2. The van der Waals surface area contributed by atoms with Crippen LogP contribution >= 0.6 is 0 Å². The highest BCUT2D eigenvalue weighted by Crippen LogP contribution is 2.27. The molecule has 1 aromatic heterocycles. The molecule has 0 radical (unpaired) electrons. The number of amides is 2. The van der Waals surface area contributed by atoms with Crippen LogP contribution in [0.25, 0.3) is 0 Å². The van der Waals surface area contributed by atoms with Crippen LogP contribution in [0.5, 0.6) is 0 Å². The fourth-order valence-corrected chi connectivity index (χ4v) is 2.70. The fraction of sp³-hybridized carbons (Fsp3) is 0.278. The van der Waals surface area contributed by atoms with Gasteiger partial charge in [-0.1, -0.05) is 24.3 Å². The van der Waals surface area contributed by atoms with Crippen molar-refractivity contribution in [2.45, 2.75) is 26.2 Å². The van der Waals surface area contributed by atoms with Crippen LogP contribution < -0.4 is 10.6 Å². The Morgan fingerprint density at radius 1 is 1.30 bits per heavy atom. The van der Waals surface area contributed by atoms with Gasteiger partial charge in [0.15, 0.2) is 0 Å². The Bertz CT molecular complexity index is 725. The maximum atomic E-state index is 12.1. The quantitative estimate of drug-likeness (QED) is 0.912. The van der Waals surface area contributed by atoms with Crippen molar-refractivity contribution >= 4 is 23.3 Å². The van der Waals surface area contributed by atoms with E-state index in [2.05, 4.69) is 15.6 Å². The van der Waals surface area contributed by atoms with E-state index in [1.54, 1.807) is 12.3 Å². The van der Waals surface area contributed by atoms with Crippen LogP contribution in [0, 0.1) is 12.8 Å². The summed E-state index contributed by atoms with van der Waals surface area (Å²) in [6, 6.07) is 11.5. The summed E-state index contributed by atoms with van der Waals surface area (Å²) in [5.74, 6) is 0.249. The minimum Gasteiger partial charge on any atom is -0.326 e. The Hall–Kier alpha value is -2.69. The third kappa shape index (κ3) is 3.74. The summed E-state index contributed by atoms with van der Waals surface area (Å²) >= 11 is 0. The van der Waals surface area contributed by atoms with Crippen molar-refractivity contribution in [3.8, 4) is 0 Å². The number of nitrogens with one attached hydrogen (secondary N) is 2. The van der Waals surface area contributed by atoms with Crippen LogP contribution in [0.1, 0.15) is 24.0 Å². The molecular weight excluding hydrogens is 290 g/mol. The molecule has 0 aliphatic carbocycles. The number of aryl methyl sites for hydroxylation is 1. The summed E-state index contributed by atoms with van der Waals surface area (Å²) in [7, 11) is 0. The Kier molecular flexibility index (Phi) is 4.37. The second-order valence-electron chi connectivity index (χ2n) is 5.86. The van der Waals surface area contributed by atoms with Crippen LogP contribution in [-0.4, -0.2) is 16.8 Å². The monoisotopic (exact) mass is 309 g/mol. The molecule has 0 saturated heterocycles. The van der Waals surface area contributed by atoms with E-state index in [0.717, 1.165) is 16.8 Å². The van der Waals surface area contributed by atoms with Crippen molar-refractivity contribution in [1.29, 1.82) is 0 Å². The van der Waals surface area contributed by atoms with Crippen molar-refractivity contribution in [2.24, 2.45) is 5.92 Å². The lowest BCUT2D eigenvalue weighted by molar-refractivity contribution is -0.121. The minimum absolute atomic E-state index is 0.00930. The highest BCUT2D eigenvalue weighted by Gasteiger charge is 2.26. The number of carbonyl (C=O) groups is 2. The Labute approximate surface area is 135 Å². The first-order valence-electron chi connectivity index (χ1n) is 7.73. The molecule has 1 aliphatic rings. The largest absolute Gasteiger partial charge is 0.326 e. The molecule has 2 heterocycles. The minimum atomic E-state index is -0.165. The maximum absolute atomic E-state index is 12.1. The first-order valence-corrected chi connectivity index (χ1v) is 7.73. The summed E-state index contributed by atoms with van der Waals surface area (Å²) in [4.78, 5) is 28.3. The molecule has 5 nitrogen and oxygen atoms in total. The van der Waals surface area contributed by atoms with Crippen molar-refractivity contribution < 1.29 is 9.59 Å². The lowest BCUT2D eigenvalue weighted by Crippen LogP contribution is -2.30. The summed E-state index contributed by atoms with van der Waals surface area (Å²) < 4.78 is 0. The number of hydrogen-bond acceptors (Lipinski definition) is 3. The molecule has 0 fully saturated rings. The van der Waals surface area contributed by atoms with Crippen LogP contribution in [0.2, 0.25) is 0 Å². The Balaban J connectivity index is 1.55. The highest BCUT2D eigenvalue weighted by atomic mass is 16.2. The number of benzene rings is 1. The first kappa shape index (κ1) is 15.2. The topological polar surface area (TPSA) is 71.1 Å². The van der Waals surface area contributed by atoms with Gasteiger partial charge in [-0.15, -0.1) is 0 Å². The second-order valence-corrected chi connectivity index (χ2v) is 5.86. The molecule has 1 aliphatic heterocycles. The SMILES string of the molecule is Cc1ccc(NC(=O)CC[C@H]2Cc3ccccc3NC2=O)nc1. The van der Waals surface area contributed by atoms with E-state index in [4.69, 9.17) is 0 Å². The summed E-state index contributed by atoms with van der Waals surface area (Å²) in [6.45, 7) is 1.94. The molecule has 2 amide bonds. The molecule has 0 saturated carbocycles. The fourth-order valence-electron chi connectivity index (χ4n) is 2.70. The lowest BCUT2D eigenvalue weighted by Gasteiger charge is -2.24. The summed E-state index contributed by atoms with van der Waals surface area (Å²) in [5.41, 5.74) is 3.04. The molecule has 2 aromatic rings. The van der Waals surface area contributed by atoms with E-state index >= 15 is 0 Å². The van der Waals surface area contributed by atoms with Gasteiger partial charge in [0.25, 0.3) is 0 Å². The third-order valence-corrected chi connectivity index (χ3v) is 4.01. The maximum Gasteiger partial charge on any atom is 0.227 e. The third-order valence-electron chi connectivity index (χ3n) is 4.01. The zero-order chi connectivity index (χ0) is 16.2. The lowest BCUT2D eigenvalue weighted by atomic mass is 9.89. The molecule has 5 heteroatoms. The predicted molar refractivity (Wildman–Crippen MR) is 89.1 cm³/mol. The normalized spacial score (nSPS) is 16.4. The van der Waals surface area contributed by atoms with Gasteiger partial charge in [0, 0.05) is 24.2 Å². The van der Waals surface area contributed by atoms with Crippen molar-refractivity contribution in [3.05, 3.63) is 53.7 Å². The van der Waals surface area contributed by atoms with E-state index in [9.17, 15) is 9.59 Å². The van der Waals surface area contributed by atoms with Crippen LogP contribution in [0.15, 0.2) is 42.6 Å². The van der Waals surface area contributed by atoms with Crippen LogP contribution in [0.4, 0.5) is 11.5 Å². The number of anilines is 2. The van der Waals surface area contributed by atoms with Gasteiger partial charge in [0.1, 0.15) is 5.82 Å². The van der Waals surface area contributed by atoms with Gasteiger partial charge in [-0.05, 0) is 43.0 Å². The molecule has 118 valence electrons. The van der Waals surface area contributed by atoms with Gasteiger partial charge in [-0.25, -0.2) is 4.98 Å². The van der Waals surface area contributed by atoms with Crippen molar-refractivity contribution in [1.82, 2.24) is 4.98 Å². The van der Waals surface area contributed by atoms with Gasteiger partial charge in [-0.3, -0.25) is 9.59 Å². The molecule has 1 aromatic carbocycles. The Morgan fingerprint density at radius 3 is 2.91 bits per heavy atom. The molecule has 1 atom stereocenters. The highest BCUT2D eigenvalue weighted by molar-refractivity contribution is 5.96.